The first-order valence-electron chi connectivity index (χ1n) is 6.81. The summed E-state index contributed by atoms with van der Waals surface area (Å²) in [7, 11) is 0. The van der Waals surface area contributed by atoms with Crippen LogP contribution in [-0.2, 0) is 6.54 Å². The summed E-state index contributed by atoms with van der Waals surface area (Å²) in [5, 5.41) is 19.4. The normalized spacial score (nSPS) is 11.1. The molecule has 7 heteroatoms. The summed E-state index contributed by atoms with van der Waals surface area (Å²) >= 11 is 12.5. The summed E-state index contributed by atoms with van der Waals surface area (Å²) in [6.45, 7) is 0.119. The number of carbonyl (C=O) groups is 1. The van der Waals surface area contributed by atoms with Crippen molar-refractivity contribution >= 4 is 40.2 Å². The van der Waals surface area contributed by atoms with Crippen LogP contribution in [0, 0.1) is 0 Å². The van der Waals surface area contributed by atoms with Crippen LogP contribution in [0.25, 0.3) is 22.4 Å². The lowest BCUT2D eigenvalue weighted by molar-refractivity contribution is 0.0697. The number of hydrogen-bond donors (Lipinski definition) is 2. The van der Waals surface area contributed by atoms with Gasteiger partial charge in [0, 0.05) is 6.54 Å². The molecule has 1 heterocycles. The SMILES string of the molecule is O=C(O)c1ccc2nc(-c3c(Cl)cccc3Cl)n(CCO)c2c1. The molecule has 0 aliphatic heterocycles. The molecule has 3 aromatic rings. The second kappa shape index (κ2) is 6.20. The quantitative estimate of drug-likeness (QED) is 0.752. The highest BCUT2D eigenvalue weighted by Crippen LogP contribution is 2.35. The highest BCUT2D eigenvalue weighted by atomic mass is 35.5. The van der Waals surface area contributed by atoms with Crippen molar-refractivity contribution < 1.29 is 15.0 Å². The topological polar surface area (TPSA) is 75.3 Å². The minimum atomic E-state index is -1.03. The Hall–Kier alpha value is -2.08. The average molecular weight is 351 g/mol. The number of imidazole rings is 1. The van der Waals surface area contributed by atoms with Gasteiger partial charge in [0.05, 0.1) is 38.8 Å². The van der Waals surface area contributed by atoms with Crippen LogP contribution in [0.2, 0.25) is 10.0 Å². The maximum Gasteiger partial charge on any atom is 0.335 e. The third kappa shape index (κ3) is 2.79. The molecule has 1 aromatic heterocycles. The van der Waals surface area contributed by atoms with E-state index in [1.807, 2.05) is 0 Å². The summed E-state index contributed by atoms with van der Waals surface area (Å²) in [5.41, 5.74) is 1.91. The molecular formula is C16H12Cl2N2O3. The van der Waals surface area contributed by atoms with Gasteiger partial charge in [-0.25, -0.2) is 9.78 Å². The van der Waals surface area contributed by atoms with Crippen LogP contribution >= 0.6 is 23.2 Å². The van der Waals surface area contributed by atoms with Gasteiger partial charge in [0.25, 0.3) is 0 Å². The molecule has 0 aliphatic rings. The Kier molecular flexibility index (Phi) is 4.26. The number of fused-ring (bicyclic) bond motifs is 1. The molecule has 0 atom stereocenters. The van der Waals surface area contributed by atoms with E-state index in [9.17, 15) is 9.90 Å². The molecule has 0 aliphatic carbocycles. The van der Waals surface area contributed by atoms with Crippen LogP contribution in [0.5, 0.6) is 0 Å². The van der Waals surface area contributed by atoms with Crippen LogP contribution in [0.4, 0.5) is 0 Å². The van der Waals surface area contributed by atoms with Crippen molar-refractivity contribution in [1.29, 1.82) is 0 Å². The number of aromatic carboxylic acids is 1. The molecule has 2 N–H and O–H groups in total. The first-order chi connectivity index (χ1) is 11.0. The Balaban J connectivity index is 2.32. The maximum absolute atomic E-state index is 11.2. The Morgan fingerprint density at radius 3 is 2.48 bits per heavy atom. The van der Waals surface area contributed by atoms with E-state index in [0.29, 0.717) is 32.5 Å². The van der Waals surface area contributed by atoms with Gasteiger partial charge in [-0.3, -0.25) is 0 Å². The van der Waals surface area contributed by atoms with Crippen molar-refractivity contribution in [1.82, 2.24) is 9.55 Å². The standard InChI is InChI=1S/C16H12Cl2N2O3/c17-10-2-1-3-11(18)14(10)15-19-12-5-4-9(16(22)23)8-13(12)20(15)6-7-21/h1-5,8,21H,6-7H2,(H,22,23). The van der Waals surface area contributed by atoms with Crippen molar-refractivity contribution in [2.45, 2.75) is 6.54 Å². The number of rotatable bonds is 4. The fourth-order valence-corrected chi connectivity index (χ4v) is 3.05. The van der Waals surface area contributed by atoms with Gasteiger partial charge in [0.1, 0.15) is 5.82 Å². The Labute approximate surface area is 141 Å². The summed E-state index contributed by atoms with van der Waals surface area (Å²) in [6, 6.07) is 9.77. The van der Waals surface area contributed by atoms with Gasteiger partial charge < -0.3 is 14.8 Å². The van der Waals surface area contributed by atoms with E-state index in [-0.39, 0.29) is 18.7 Å². The molecule has 23 heavy (non-hydrogen) atoms. The predicted octanol–water partition coefficient (Wildman–Crippen LogP) is 3.70. The first kappa shape index (κ1) is 15.8. The molecule has 0 amide bonds. The maximum atomic E-state index is 11.2. The molecular weight excluding hydrogens is 339 g/mol. The van der Waals surface area contributed by atoms with Crippen molar-refractivity contribution in [3.63, 3.8) is 0 Å². The fraction of sp³-hybridized carbons (Fsp3) is 0.125. The largest absolute Gasteiger partial charge is 0.478 e. The summed E-state index contributed by atoms with van der Waals surface area (Å²) in [6.07, 6.45) is 0. The lowest BCUT2D eigenvalue weighted by Crippen LogP contribution is -2.05. The molecule has 0 radical (unpaired) electrons. The lowest BCUT2D eigenvalue weighted by Gasteiger charge is -2.10. The monoisotopic (exact) mass is 350 g/mol. The highest BCUT2D eigenvalue weighted by molar-refractivity contribution is 6.39. The lowest BCUT2D eigenvalue weighted by atomic mass is 10.2. The van der Waals surface area contributed by atoms with Crippen LogP contribution < -0.4 is 0 Å². The number of aromatic nitrogens is 2. The zero-order chi connectivity index (χ0) is 16.6. The van der Waals surface area contributed by atoms with Crippen molar-refractivity contribution in [3.8, 4) is 11.4 Å². The summed E-state index contributed by atoms with van der Waals surface area (Å²) < 4.78 is 1.72. The molecule has 5 nitrogen and oxygen atoms in total. The number of aliphatic hydroxyl groups excluding tert-OH is 1. The number of carboxylic acid groups (broad SMARTS) is 1. The fourth-order valence-electron chi connectivity index (χ4n) is 2.48. The molecule has 0 bridgehead atoms. The second-order valence-electron chi connectivity index (χ2n) is 4.92. The van der Waals surface area contributed by atoms with Gasteiger partial charge in [0.2, 0.25) is 0 Å². The van der Waals surface area contributed by atoms with E-state index in [1.165, 1.54) is 12.1 Å². The highest BCUT2D eigenvalue weighted by Gasteiger charge is 2.18. The Morgan fingerprint density at radius 2 is 1.87 bits per heavy atom. The van der Waals surface area contributed by atoms with Gasteiger partial charge in [-0.2, -0.15) is 0 Å². The van der Waals surface area contributed by atoms with Gasteiger partial charge >= 0.3 is 5.97 Å². The Morgan fingerprint density at radius 1 is 1.17 bits per heavy atom. The van der Waals surface area contributed by atoms with Gasteiger partial charge in [0.15, 0.2) is 0 Å². The molecule has 0 unspecified atom stereocenters. The third-order valence-electron chi connectivity index (χ3n) is 3.51. The van der Waals surface area contributed by atoms with Crippen molar-refractivity contribution in [3.05, 3.63) is 52.0 Å². The molecule has 0 saturated heterocycles. The van der Waals surface area contributed by atoms with E-state index < -0.39 is 5.97 Å². The summed E-state index contributed by atoms with van der Waals surface area (Å²) in [4.78, 5) is 15.7. The molecule has 0 saturated carbocycles. The number of carboxylic acids is 1. The van der Waals surface area contributed by atoms with E-state index in [4.69, 9.17) is 28.3 Å². The van der Waals surface area contributed by atoms with Gasteiger partial charge in [-0.05, 0) is 30.3 Å². The minimum Gasteiger partial charge on any atom is -0.478 e. The van der Waals surface area contributed by atoms with Gasteiger partial charge in [-0.1, -0.05) is 29.3 Å². The number of nitrogens with zero attached hydrogens (tertiary/aromatic N) is 2. The number of halogens is 2. The minimum absolute atomic E-state index is 0.127. The molecule has 0 fully saturated rings. The van der Waals surface area contributed by atoms with E-state index in [0.717, 1.165) is 0 Å². The van der Waals surface area contributed by atoms with Crippen LogP contribution in [0.1, 0.15) is 10.4 Å². The zero-order valence-electron chi connectivity index (χ0n) is 11.8. The first-order valence-corrected chi connectivity index (χ1v) is 7.57. The van der Waals surface area contributed by atoms with E-state index in [1.54, 1.807) is 28.8 Å². The zero-order valence-corrected chi connectivity index (χ0v) is 13.3. The van der Waals surface area contributed by atoms with E-state index >= 15 is 0 Å². The van der Waals surface area contributed by atoms with Crippen molar-refractivity contribution in [2.24, 2.45) is 0 Å². The Bertz CT molecular complexity index is 885. The summed E-state index contributed by atoms with van der Waals surface area (Å²) in [5.74, 6) is -0.534. The number of benzene rings is 2. The van der Waals surface area contributed by atoms with E-state index in [2.05, 4.69) is 4.98 Å². The predicted molar refractivity (Wildman–Crippen MR) is 89.2 cm³/mol. The van der Waals surface area contributed by atoms with Crippen LogP contribution in [0.3, 0.4) is 0 Å². The number of hydrogen-bond acceptors (Lipinski definition) is 3. The smallest absolute Gasteiger partial charge is 0.335 e. The number of aliphatic hydroxyl groups is 1. The van der Waals surface area contributed by atoms with Crippen LogP contribution in [0.15, 0.2) is 36.4 Å². The van der Waals surface area contributed by atoms with Crippen LogP contribution in [-0.4, -0.2) is 32.3 Å². The molecule has 2 aromatic carbocycles. The second-order valence-corrected chi connectivity index (χ2v) is 5.73. The molecule has 0 spiro atoms. The molecule has 3 rings (SSSR count). The van der Waals surface area contributed by atoms with Crippen molar-refractivity contribution in [2.75, 3.05) is 6.61 Å². The molecule has 118 valence electrons. The third-order valence-corrected chi connectivity index (χ3v) is 4.14. The van der Waals surface area contributed by atoms with Gasteiger partial charge in [-0.15, -0.1) is 0 Å². The average Bonchev–Trinajstić information content (AvgIpc) is 2.85.